The van der Waals surface area contributed by atoms with Crippen molar-refractivity contribution in [2.24, 2.45) is 0 Å². The second-order valence-electron chi connectivity index (χ2n) is 13.7. The number of imidazole rings is 1. The number of esters is 1. The van der Waals surface area contributed by atoms with Crippen molar-refractivity contribution in [1.29, 1.82) is 0 Å². The molecule has 0 radical (unpaired) electrons. The predicted octanol–water partition coefficient (Wildman–Crippen LogP) is -1.04. The predicted molar refractivity (Wildman–Crippen MR) is 208 cm³/mol. The van der Waals surface area contributed by atoms with E-state index in [0.717, 1.165) is 22.7 Å². The van der Waals surface area contributed by atoms with E-state index in [-0.39, 0.29) is 48.9 Å². The lowest BCUT2D eigenvalue weighted by molar-refractivity contribution is -0.162. The first-order chi connectivity index (χ1) is 29.4. The molecule has 2 aliphatic heterocycles. The molecule has 62 heavy (non-hydrogen) atoms. The number of allylic oxidation sites excluding steroid dienone is 1. The van der Waals surface area contributed by atoms with E-state index in [0.29, 0.717) is 0 Å². The van der Waals surface area contributed by atoms with Crippen LogP contribution in [0.4, 0.5) is 11.6 Å². The first-order valence-electron chi connectivity index (χ1n) is 18.5. The van der Waals surface area contributed by atoms with Crippen molar-refractivity contribution in [3.05, 3.63) is 84.0 Å². The van der Waals surface area contributed by atoms with Gasteiger partial charge in [0.2, 0.25) is 5.91 Å². The third kappa shape index (κ3) is 11.5. The molecule has 10 atom stereocenters. The highest BCUT2D eigenvalue weighted by molar-refractivity contribution is 7.47. The van der Waals surface area contributed by atoms with E-state index in [2.05, 4.69) is 36.4 Å². The molecule has 4 aromatic rings. The van der Waals surface area contributed by atoms with Gasteiger partial charge in [-0.15, -0.1) is 6.58 Å². The van der Waals surface area contributed by atoms with E-state index in [1.54, 1.807) is 30.3 Å². The van der Waals surface area contributed by atoms with Crippen LogP contribution in [0.2, 0.25) is 0 Å². The SMILES string of the molecule is C=CCCC(=O)NC(COCc1ccccc1)C(=O)O[C@H]1[C@@H](O)[C@H](n2cnc3c(N)ncnc32)O[C@@H]1COP(=O)(O)O[C@H]1[C@@H](O)[C@H](n2ccc(N)nc2=O)O[C@@H]1COP(=O)(O)O. The van der Waals surface area contributed by atoms with Gasteiger partial charge in [-0.2, -0.15) is 4.98 Å². The van der Waals surface area contributed by atoms with Crippen LogP contribution in [-0.2, 0) is 57.8 Å². The number of rotatable bonds is 20. The molecular formula is C34H43N9O17P2. The van der Waals surface area contributed by atoms with Crippen molar-refractivity contribution in [2.45, 2.75) is 74.6 Å². The second kappa shape index (κ2) is 20.0. The number of fused-ring (bicyclic) bond motifs is 1. The van der Waals surface area contributed by atoms with Crippen LogP contribution in [0.1, 0.15) is 30.9 Å². The zero-order valence-electron chi connectivity index (χ0n) is 32.3. The molecule has 0 bridgehead atoms. The minimum absolute atomic E-state index is 0.0182. The monoisotopic (exact) mass is 911 g/mol. The quantitative estimate of drug-likeness (QED) is 0.0298. The molecule has 0 aliphatic carbocycles. The van der Waals surface area contributed by atoms with Crippen LogP contribution in [0, 0.1) is 0 Å². The summed E-state index contributed by atoms with van der Waals surface area (Å²) in [5.41, 5.74) is 11.4. The maximum atomic E-state index is 13.8. The first-order valence-corrected chi connectivity index (χ1v) is 21.5. The maximum absolute atomic E-state index is 13.8. The number of aliphatic hydroxyl groups excluding tert-OH is 2. The number of ether oxygens (including phenoxy) is 4. The molecule has 0 spiro atoms. The van der Waals surface area contributed by atoms with Crippen molar-refractivity contribution < 1.29 is 76.1 Å². The lowest BCUT2D eigenvalue weighted by Crippen LogP contribution is -2.48. The molecule has 336 valence electrons. The van der Waals surface area contributed by atoms with Gasteiger partial charge in [0.25, 0.3) is 0 Å². The Balaban J connectivity index is 1.23. The van der Waals surface area contributed by atoms with Crippen molar-refractivity contribution in [3.63, 3.8) is 0 Å². The molecule has 1 amide bonds. The summed E-state index contributed by atoms with van der Waals surface area (Å²) in [6.45, 7) is 1.24. The Hall–Kier alpha value is -5.05. The smallest absolute Gasteiger partial charge is 0.455 e. The molecule has 26 nitrogen and oxygen atoms in total. The Kier molecular flexibility index (Phi) is 15.0. The van der Waals surface area contributed by atoms with E-state index in [9.17, 15) is 48.4 Å². The van der Waals surface area contributed by atoms with E-state index in [4.69, 9.17) is 39.5 Å². The number of phosphoric ester groups is 2. The van der Waals surface area contributed by atoms with Crippen LogP contribution in [0.5, 0.6) is 0 Å². The highest BCUT2D eigenvalue weighted by atomic mass is 31.2. The van der Waals surface area contributed by atoms with Gasteiger partial charge < -0.3 is 60.6 Å². The summed E-state index contributed by atoms with van der Waals surface area (Å²) in [7, 11) is -10.6. The number of hydrogen-bond donors (Lipinski definition) is 8. The third-order valence-corrected chi connectivity index (χ3v) is 10.8. The van der Waals surface area contributed by atoms with Crippen molar-refractivity contribution in [2.75, 3.05) is 31.3 Å². The number of amides is 1. The molecule has 3 aromatic heterocycles. The number of carbonyl (C=O) groups excluding carboxylic acids is 2. The number of aromatic nitrogens is 6. The molecule has 6 rings (SSSR count). The number of nitrogens with two attached hydrogens (primary N) is 2. The van der Waals surface area contributed by atoms with Crippen molar-refractivity contribution in [3.8, 4) is 0 Å². The number of phosphoric acid groups is 2. The average Bonchev–Trinajstić information content (AvgIpc) is 3.88. The van der Waals surface area contributed by atoms with Crippen molar-refractivity contribution >= 4 is 50.3 Å². The fourth-order valence-electron chi connectivity index (χ4n) is 6.39. The van der Waals surface area contributed by atoms with Crippen LogP contribution in [0.3, 0.4) is 0 Å². The summed E-state index contributed by atoms with van der Waals surface area (Å²) in [5.74, 6) is -1.87. The highest BCUT2D eigenvalue weighted by Gasteiger charge is 2.52. The van der Waals surface area contributed by atoms with Gasteiger partial charge in [0, 0.05) is 12.6 Å². The standard InChI is InChI=1S/C34H43N9O17P2/c1-2-3-9-23(44)40-19(13-54-12-18-7-5-4-6-8-18)33(47)59-27-20(57-32(25(27)45)43-17-39-24-29(36)37-16-38-30(24)43)15-56-62(52,53)60-28-21(14-55-61(49,50)51)58-31(26(28)46)42-11-10-22(35)41-34(42)48/h2,4-8,10-11,16-17,19-21,25-28,31-32,45-46H,1,3,9,12-15H2,(H,40,44)(H,52,53)(H2,35,41,48)(H2,36,37,38)(H2,49,50,51)/t19?,20-,21-,25-,26-,27-,28-,31-,32-/m1/s1. The molecule has 5 heterocycles. The summed E-state index contributed by atoms with van der Waals surface area (Å²) < 4.78 is 65.1. The fourth-order valence-corrected chi connectivity index (χ4v) is 7.70. The number of aliphatic hydroxyl groups is 2. The van der Waals surface area contributed by atoms with Crippen LogP contribution in [0.15, 0.2) is 72.7 Å². The zero-order valence-corrected chi connectivity index (χ0v) is 34.1. The van der Waals surface area contributed by atoms with Gasteiger partial charge >= 0.3 is 27.3 Å². The molecule has 0 saturated carbocycles. The Bertz CT molecular complexity index is 2370. The number of nitrogens with one attached hydrogen (secondary N) is 1. The number of nitrogens with zero attached hydrogens (tertiary/aromatic N) is 6. The van der Waals surface area contributed by atoms with E-state index in [1.165, 1.54) is 23.0 Å². The first kappa shape index (κ1) is 46.5. The van der Waals surface area contributed by atoms with Gasteiger partial charge in [0.15, 0.2) is 36.1 Å². The summed E-state index contributed by atoms with van der Waals surface area (Å²) in [4.78, 5) is 84.4. The lowest BCUT2D eigenvalue weighted by atomic mass is 10.1. The highest BCUT2D eigenvalue weighted by Crippen LogP contribution is 2.50. The van der Waals surface area contributed by atoms with Gasteiger partial charge in [-0.1, -0.05) is 36.4 Å². The summed E-state index contributed by atoms with van der Waals surface area (Å²) in [6, 6.07) is 8.66. The van der Waals surface area contributed by atoms with Crippen LogP contribution >= 0.6 is 15.6 Å². The summed E-state index contributed by atoms with van der Waals surface area (Å²) >= 11 is 0. The minimum atomic E-state index is -5.43. The average molecular weight is 912 g/mol. The lowest BCUT2D eigenvalue weighted by Gasteiger charge is -2.26. The molecule has 2 aliphatic rings. The second-order valence-corrected chi connectivity index (χ2v) is 16.4. The normalized spacial score (nSPS) is 25.3. The Morgan fingerprint density at radius 2 is 1.63 bits per heavy atom. The zero-order chi connectivity index (χ0) is 44.8. The molecule has 1 aromatic carbocycles. The topological polar surface area (TPSA) is 377 Å². The van der Waals surface area contributed by atoms with E-state index < -0.39 is 102 Å². The van der Waals surface area contributed by atoms with Gasteiger partial charge in [-0.25, -0.2) is 33.7 Å². The molecule has 2 saturated heterocycles. The largest absolute Gasteiger partial charge is 0.472 e. The number of nitrogen functional groups attached to an aromatic ring is 2. The number of anilines is 2. The number of benzene rings is 1. The van der Waals surface area contributed by atoms with Crippen molar-refractivity contribution in [1.82, 2.24) is 34.4 Å². The van der Waals surface area contributed by atoms with E-state index in [1.807, 2.05) is 0 Å². The Morgan fingerprint density at radius 1 is 0.952 bits per heavy atom. The maximum Gasteiger partial charge on any atom is 0.472 e. The van der Waals surface area contributed by atoms with Crippen LogP contribution in [0.25, 0.3) is 11.2 Å². The summed E-state index contributed by atoms with van der Waals surface area (Å²) in [5, 5.41) is 25.4. The van der Waals surface area contributed by atoms with E-state index >= 15 is 0 Å². The third-order valence-electron chi connectivity index (χ3n) is 9.31. The molecule has 2 fully saturated rings. The Labute approximate surface area is 350 Å². The van der Waals surface area contributed by atoms with Crippen LogP contribution in [-0.4, -0.2) is 128 Å². The molecule has 10 N–H and O–H groups in total. The van der Waals surface area contributed by atoms with Gasteiger partial charge in [-0.05, 0) is 18.1 Å². The molecular weight excluding hydrogens is 868 g/mol. The number of hydrogen-bond acceptors (Lipinski definition) is 20. The molecule has 2 unspecified atom stereocenters. The minimum Gasteiger partial charge on any atom is -0.455 e. The van der Waals surface area contributed by atoms with Gasteiger partial charge in [0.05, 0.1) is 32.8 Å². The number of carbonyl (C=O) groups is 2. The van der Waals surface area contributed by atoms with Gasteiger partial charge in [-0.3, -0.25) is 27.5 Å². The summed E-state index contributed by atoms with van der Waals surface area (Å²) in [6.07, 6.45) is -8.81. The van der Waals surface area contributed by atoms with Gasteiger partial charge in [0.1, 0.15) is 48.2 Å². The fraction of sp³-hybridized carbons (Fsp3) is 0.441. The Morgan fingerprint density at radius 3 is 2.32 bits per heavy atom. The van der Waals surface area contributed by atoms with Crippen LogP contribution < -0.4 is 22.5 Å². The molecule has 28 heteroatoms.